The van der Waals surface area contributed by atoms with Crippen molar-refractivity contribution in [1.29, 1.82) is 0 Å². The molecule has 1 aromatic heterocycles. The molecular weight excluding hydrogens is 260 g/mol. The summed E-state index contributed by atoms with van der Waals surface area (Å²) in [5.41, 5.74) is 1.19. The highest BCUT2D eigenvalue weighted by Crippen LogP contribution is 2.26. The van der Waals surface area contributed by atoms with E-state index in [0.717, 1.165) is 12.2 Å². The third-order valence-electron chi connectivity index (χ3n) is 2.42. The van der Waals surface area contributed by atoms with E-state index in [2.05, 4.69) is 15.0 Å². The van der Waals surface area contributed by atoms with E-state index < -0.39 is 11.9 Å². The Labute approximate surface area is 115 Å². The smallest absolute Gasteiger partial charge is 0.330 e. The molecule has 102 valence electrons. The molecule has 6 heteroatoms. The summed E-state index contributed by atoms with van der Waals surface area (Å²) in [5, 5.41) is 2.64. The van der Waals surface area contributed by atoms with Crippen molar-refractivity contribution in [3.63, 3.8) is 0 Å². The first-order chi connectivity index (χ1) is 9.70. The Morgan fingerprint density at radius 2 is 2.10 bits per heavy atom. The van der Waals surface area contributed by atoms with E-state index in [1.807, 2.05) is 0 Å². The highest BCUT2D eigenvalue weighted by molar-refractivity contribution is 6.04. The molecule has 1 heterocycles. The van der Waals surface area contributed by atoms with Gasteiger partial charge >= 0.3 is 5.97 Å². The number of nitrogens with one attached hydrogen (secondary N) is 1. The highest BCUT2D eigenvalue weighted by atomic mass is 16.5. The number of hydrogen-bond donors (Lipinski definition) is 1. The quantitative estimate of drug-likeness (QED) is 0.680. The van der Waals surface area contributed by atoms with E-state index in [0.29, 0.717) is 17.1 Å². The van der Waals surface area contributed by atoms with Crippen LogP contribution in [-0.2, 0) is 14.3 Å². The largest absolute Gasteiger partial charge is 0.466 e. The van der Waals surface area contributed by atoms with Crippen LogP contribution in [0.1, 0.15) is 0 Å². The number of methoxy groups -OCH3 is 1. The van der Waals surface area contributed by atoms with Crippen molar-refractivity contribution >= 4 is 17.6 Å². The molecule has 0 saturated carbocycles. The van der Waals surface area contributed by atoms with E-state index in [4.69, 9.17) is 4.42 Å². The average Bonchev–Trinajstić information content (AvgIpc) is 2.99. The summed E-state index contributed by atoms with van der Waals surface area (Å²) in [7, 11) is 1.24. The fourth-order valence-electron chi connectivity index (χ4n) is 1.52. The van der Waals surface area contributed by atoms with Crippen molar-refractivity contribution in [3.05, 3.63) is 48.9 Å². The predicted octanol–water partition coefficient (Wildman–Crippen LogP) is 2.01. The molecule has 0 aliphatic rings. The zero-order chi connectivity index (χ0) is 14.4. The third kappa shape index (κ3) is 3.32. The first kappa shape index (κ1) is 13.5. The van der Waals surface area contributed by atoms with Crippen molar-refractivity contribution in [2.75, 3.05) is 12.4 Å². The summed E-state index contributed by atoms with van der Waals surface area (Å²) < 4.78 is 9.61. The summed E-state index contributed by atoms with van der Waals surface area (Å²) in [5.74, 6) is -0.645. The number of esters is 1. The van der Waals surface area contributed by atoms with Crippen LogP contribution in [0, 0.1) is 0 Å². The van der Waals surface area contributed by atoms with Gasteiger partial charge in [0, 0.05) is 12.2 Å². The lowest BCUT2D eigenvalue weighted by atomic mass is 10.1. The number of oxazole rings is 1. The van der Waals surface area contributed by atoms with Gasteiger partial charge in [0.1, 0.15) is 6.26 Å². The van der Waals surface area contributed by atoms with E-state index in [1.165, 1.54) is 19.6 Å². The molecule has 2 aromatic rings. The van der Waals surface area contributed by atoms with Gasteiger partial charge in [-0.3, -0.25) is 4.79 Å². The molecular formula is C14H12N2O4. The Morgan fingerprint density at radius 1 is 1.30 bits per heavy atom. The van der Waals surface area contributed by atoms with Crippen molar-refractivity contribution < 1.29 is 18.7 Å². The van der Waals surface area contributed by atoms with Crippen LogP contribution in [0.15, 0.2) is 53.3 Å². The Hall–Kier alpha value is -2.89. The van der Waals surface area contributed by atoms with E-state index in [-0.39, 0.29) is 0 Å². The lowest BCUT2D eigenvalue weighted by Crippen LogP contribution is -2.10. The van der Waals surface area contributed by atoms with Gasteiger partial charge < -0.3 is 14.5 Å². The molecule has 0 saturated heterocycles. The molecule has 0 aliphatic carbocycles. The fourth-order valence-corrected chi connectivity index (χ4v) is 1.52. The number of rotatable bonds is 4. The fraction of sp³-hybridized carbons (Fsp3) is 0.0714. The molecule has 0 spiro atoms. The predicted molar refractivity (Wildman–Crippen MR) is 71.7 cm³/mol. The number of carbonyl (C=O) groups is 2. The first-order valence-electron chi connectivity index (χ1n) is 5.76. The van der Waals surface area contributed by atoms with Crippen molar-refractivity contribution in [3.8, 4) is 11.5 Å². The van der Waals surface area contributed by atoms with Crippen LogP contribution in [0.3, 0.4) is 0 Å². The molecule has 0 bridgehead atoms. The average molecular weight is 272 g/mol. The van der Waals surface area contributed by atoms with Gasteiger partial charge in [-0.05, 0) is 12.1 Å². The summed E-state index contributed by atoms with van der Waals surface area (Å²) in [6.45, 7) is 0. The van der Waals surface area contributed by atoms with E-state index >= 15 is 0 Å². The lowest BCUT2D eigenvalue weighted by molar-refractivity contribution is -0.135. The zero-order valence-corrected chi connectivity index (χ0v) is 10.7. The van der Waals surface area contributed by atoms with Gasteiger partial charge in [0.15, 0.2) is 0 Å². The van der Waals surface area contributed by atoms with Gasteiger partial charge in [0.2, 0.25) is 11.8 Å². The second kappa shape index (κ2) is 6.33. The van der Waals surface area contributed by atoms with Crippen LogP contribution in [-0.4, -0.2) is 24.0 Å². The minimum atomic E-state index is -0.596. The summed E-state index contributed by atoms with van der Waals surface area (Å²) in [6, 6.07) is 7.06. The number of amides is 1. The monoisotopic (exact) mass is 272 g/mol. The van der Waals surface area contributed by atoms with Crippen LogP contribution >= 0.6 is 0 Å². The van der Waals surface area contributed by atoms with E-state index in [9.17, 15) is 9.59 Å². The summed E-state index contributed by atoms with van der Waals surface area (Å²) in [4.78, 5) is 26.6. The topological polar surface area (TPSA) is 81.4 Å². The molecule has 1 aromatic carbocycles. The molecule has 0 unspecified atom stereocenters. The maximum atomic E-state index is 11.7. The van der Waals surface area contributed by atoms with Gasteiger partial charge in [-0.1, -0.05) is 12.1 Å². The Bertz CT molecular complexity index is 632. The number of nitrogens with zero attached hydrogens (tertiary/aromatic N) is 1. The number of hydrogen-bond acceptors (Lipinski definition) is 5. The maximum Gasteiger partial charge on any atom is 0.330 e. The standard InChI is InChI=1S/C14H12N2O4/c1-19-13(18)7-6-12(17)16-11-5-3-2-4-10(11)14-15-8-9-20-14/h2-9H,1H3,(H,16,17)/b7-6+. The Kier molecular flexibility index (Phi) is 4.28. The number of benzene rings is 1. The number of carbonyl (C=O) groups excluding carboxylic acids is 2. The molecule has 0 atom stereocenters. The van der Waals surface area contributed by atoms with Crippen LogP contribution in [0.25, 0.3) is 11.5 Å². The van der Waals surface area contributed by atoms with E-state index in [1.54, 1.807) is 24.3 Å². The minimum absolute atomic E-state index is 0.401. The van der Waals surface area contributed by atoms with Crippen LogP contribution in [0.5, 0.6) is 0 Å². The second-order valence-corrected chi connectivity index (χ2v) is 3.73. The minimum Gasteiger partial charge on any atom is -0.466 e. The zero-order valence-electron chi connectivity index (χ0n) is 10.7. The van der Waals surface area contributed by atoms with Gasteiger partial charge in [-0.25, -0.2) is 9.78 Å². The molecule has 0 fully saturated rings. The van der Waals surface area contributed by atoms with Crippen LogP contribution < -0.4 is 5.32 Å². The number of ether oxygens (including phenoxy) is 1. The van der Waals surface area contributed by atoms with Gasteiger partial charge in [0.25, 0.3) is 0 Å². The maximum absolute atomic E-state index is 11.7. The van der Waals surface area contributed by atoms with Gasteiger partial charge in [0.05, 0.1) is 24.6 Å². The van der Waals surface area contributed by atoms with Gasteiger partial charge in [-0.2, -0.15) is 0 Å². The van der Waals surface area contributed by atoms with Crippen molar-refractivity contribution in [1.82, 2.24) is 4.98 Å². The Balaban J connectivity index is 2.16. The number of para-hydroxylation sites is 1. The summed E-state index contributed by atoms with van der Waals surface area (Å²) >= 11 is 0. The van der Waals surface area contributed by atoms with Gasteiger partial charge in [-0.15, -0.1) is 0 Å². The lowest BCUT2D eigenvalue weighted by Gasteiger charge is -2.06. The third-order valence-corrected chi connectivity index (χ3v) is 2.42. The molecule has 0 radical (unpaired) electrons. The normalized spacial score (nSPS) is 10.4. The second-order valence-electron chi connectivity index (χ2n) is 3.73. The molecule has 0 aliphatic heterocycles. The first-order valence-corrected chi connectivity index (χ1v) is 5.76. The number of aromatic nitrogens is 1. The molecule has 1 amide bonds. The molecule has 20 heavy (non-hydrogen) atoms. The SMILES string of the molecule is COC(=O)/C=C/C(=O)Nc1ccccc1-c1ncco1. The summed E-state index contributed by atoms with van der Waals surface area (Å²) in [6.07, 6.45) is 5.11. The molecule has 1 N–H and O–H groups in total. The van der Waals surface area contributed by atoms with Crippen LogP contribution in [0.2, 0.25) is 0 Å². The molecule has 6 nitrogen and oxygen atoms in total. The number of anilines is 1. The van der Waals surface area contributed by atoms with Crippen molar-refractivity contribution in [2.24, 2.45) is 0 Å². The molecule has 2 rings (SSSR count). The van der Waals surface area contributed by atoms with Crippen molar-refractivity contribution in [2.45, 2.75) is 0 Å². The highest BCUT2D eigenvalue weighted by Gasteiger charge is 2.09. The van der Waals surface area contributed by atoms with Crippen LogP contribution in [0.4, 0.5) is 5.69 Å². The Morgan fingerprint density at radius 3 is 2.80 bits per heavy atom.